The lowest BCUT2D eigenvalue weighted by Gasteiger charge is -2.15. The number of nitrogens with zero attached hydrogens (tertiary/aromatic N) is 1. The third-order valence-electron chi connectivity index (χ3n) is 7.29. The zero-order chi connectivity index (χ0) is 28.4. The number of unbranched alkanes of at least 4 members (excludes halogenated alkanes) is 11. The Balaban J connectivity index is 1.33. The molecule has 40 heavy (non-hydrogen) atoms. The van der Waals surface area contributed by atoms with Crippen molar-refractivity contribution in [2.24, 2.45) is 0 Å². The molecule has 6 heteroatoms. The molecule has 2 aromatic carbocycles. The van der Waals surface area contributed by atoms with E-state index in [1.807, 2.05) is 42.1 Å². The lowest BCUT2D eigenvalue weighted by atomic mass is 10.1. The van der Waals surface area contributed by atoms with Crippen LogP contribution < -0.4 is 14.8 Å². The van der Waals surface area contributed by atoms with E-state index in [9.17, 15) is 4.79 Å². The van der Waals surface area contributed by atoms with Gasteiger partial charge in [-0.05, 0) is 53.6 Å². The van der Waals surface area contributed by atoms with Crippen molar-refractivity contribution >= 4 is 23.4 Å². The topological polar surface area (TPSA) is 50.8 Å². The molecule has 1 aliphatic rings. The first-order chi connectivity index (χ1) is 19.6. The molecule has 0 fully saturated rings. The van der Waals surface area contributed by atoms with Crippen molar-refractivity contribution in [1.29, 1.82) is 0 Å². The second kappa shape index (κ2) is 18.7. The standard InChI is InChI=1S/C34H50N2O3S/c1-4-5-6-7-8-9-10-11-12-13-14-15-22-39-33-23-30(18-21-32(33)38-3)24-34(37)35-31-19-16-29(17-20-31)26-36-25-28(2)40-27-36/h16-21,23,25H,4-15,22,24,26-27H2,1-3H3,(H,35,37). The van der Waals surface area contributed by atoms with E-state index in [0.717, 1.165) is 30.1 Å². The summed E-state index contributed by atoms with van der Waals surface area (Å²) in [5.41, 5.74) is 2.95. The first-order valence-corrected chi connectivity index (χ1v) is 16.3. The molecule has 0 radical (unpaired) electrons. The van der Waals surface area contributed by atoms with Crippen molar-refractivity contribution < 1.29 is 14.3 Å². The van der Waals surface area contributed by atoms with Crippen LogP contribution in [0, 0.1) is 0 Å². The summed E-state index contributed by atoms with van der Waals surface area (Å²) in [6.07, 6.45) is 18.4. The monoisotopic (exact) mass is 566 g/mol. The molecule has 0 aliphatic carbocycles. The van der Waals surface area contributed by atoms with Crippen LogP contribution in [0.2, 0.25) is 0 Å². The van der Waals surface area contributed by atoms with Crippen LogP contribution in [0.4, 0.5) is 5.69 Å². The molecule has 1 N–H and O–H groups in total. The van der Waals surface area contributed by atoms with Gasteiger partial charge in [0.05, 0.1) is 26.0 Å². The molecule has 0 saturated heterocycles. The van der Waals surface area contributed by atoms with Crippen LogP contribution in [0.25, 0.3) is 0 Å². The van der Waals surface area contributed by atoms with Crippen molar-refractivity contribution in [2.45, 2.75) is 104 Å². The van der Waals surface area contributed by atoms with E-state index in [0.29, 0.717) is 18.1 Å². The number of amides is 1. The number of carbonyl (C=O) groups is 1. The molecule has 5 nitrogen and oxygen atoms in total. The fraction of sp³-hybridized carbons (Fsp3) is 0.559. The van der Waals surface area contributed by atoms with Gasteiger partial charge in [-0.25, -0.2) is 0 Å². The molecule has 2 aromatic rings. The van der Waals surface area contributed by atoms with E-state index in [1.165, 1.54) is 81.1 Å². The minimum Gasteiger partial charge on any atom is -0.493 e. The molecule has 1 heterocycles. The zero-order valence-corrected chi connectivity index (χ0v) is 25.8. The molecule has 0 atom stereocenters. The first kappa shape index (κ1) is 31.9. The average Bonchev–Trinajstić information content (AvgIpc) is 3.36. The molecule has 1 aliphatic heterocycles. The lowest BCUT2D eigenvalue weighted by molar-refractivity contribution is -0.115. The van der Waals surface area contributed by atoms with E-state index in [-0.39, 0.29) is 12.3 Å². The SMILES string of the molecule is CCCCCCCCCCCCCCOc1cc(CC(=O)Nc2ccc(CN3C=C(C)SC3)cc2)ccc1OC. The molecule has 0 unspecified atom stereocenters. The third-order valence-corrected chi connectivity index (χ3v) is 8.32. The Bertz CT molecular complexity index is 1040. The summed E-state index contributed by atoms with van der Waals surface area (Å²) in [6, 6.07) is 13.9. The summed E-state index contributed by atoms with van der Waals surface area (Å²) >= 11 is 1.87. The molecule has 0 spiro atoms. The predicted octanol–water partition coefficient (Wildman–Crippen LogP) is 9.32. The fourth-order valence-electron chi connectivity index (χ4n) is 5.00. The van der Waals surface area contributed by atoms with Crippen molar-refractivity contribution in [1.82, 2.24) is 4.90 Å². The maximum atomic E-state index is 12.7. The van der Waals surface area contributed by atoms with E-state index in [1.54, 1.807) is 7.11 Å². The Morgan fingerprint density at radius 1 is 0.850 bits per heavy atom. The van der Waals surface area contributed by atoms with E-state index < -0.39 is 0 Å². The molecule has 1 amide bonds. The van der Waals surface area contributed by atoms with Crippen LogP contribution in [0.5, 0.6) is 11.5 Å². The normalized spacial score (nSPS) is 12.9. The molecule has 220 valence electrons. The van der Waals surface area contributed by atoms with Gasteiger partial charge in [0.1, 0.15) is 0 Å². The highest BCUT2D eigenvalue weighted by Crippen LogP contribution is 2.29. The number of rotatable bonds is 20. The second-order valence-corrected chi connectivity index (χ2v) is 12.1. The number of hydrogen-bond acceptors (Lipinski definition) is 5. The van der Waals surface area contributed by atoms with Gasteiger partial charge >= 0.3 is 0 Å². The maximum absolute atomic E-state index is 12.7. The van der Waals surface area contributed by atoms with Crippen LogP contribution in [0.3, 0.4) is 0 Å². The van der Waals surface area contributed by atoms with Crippen LogP contribution in [0.1, 0.15) is 102 Å². The Morgan fingerprint density at radius 3 is 2.08 bits per heavy atom. The van der Waals surface area contributed by atoms with Gasteiger partial charge in [0.15, 0.2) is 11.5 Å². The number of methoxy groups -OCH3 is 1. The second-order valence-electron chi connectivity index (χ2n) is 10.9. The summed E-state index contributed by atoms with van der Waals surface area (Å²) in [7, 11) is 1.65. The summed E-state index contributed by atoms with van der Waals surface area (Å²) in [4.78, 5) is 16.4. The Kier molecular flexibility index (Phi) is 14.9. The summed E-state index contributed by atoms with van der Waals surface area (Å²) in [5, 5.41) is 3.02. The van der Waals surface area contributed by atoms with Crippen LogP contribution >= 0.6 is 11.8 Å². The highest BCUT2D eigenvalue weighted by atomic mass is 32.2. The van der Waals surface area contributed by atoms with E-state index in [4.69, 9.17) is 9.47 Å². The van der Waals surface area contributed by atoms with Crippen molar-refractivity contribution in [3.05, 3.63) is 64.7 Å². The number of anilines is 1. The Morgan fingerprint density at radius 2 is 1.48 bits per heavy atom. The van der Waals surface area contributed by atoms with Gasteiger partial charge in [0, 0.05) is 18.4 Å². The van der Waals surface area contributed by atoms with Gasteiger partial charge in [-0.3, -0.25) is 4.79 Å². The van der Waals surface area contributed by atoms with Gasteiger partial charge in [-0.1, -0.05) is 95.8 Å². The number of allylic oxidation sites excluding steroid dienone is 1. The summed E-state index contributed by atoms with van der Waals surface area (Å²) in [6.45, 7) is 5.96. The van der Waals surface area contributed by atoms with E-state index in [2.05, 4.69) is 42.4 Å². The van der Waals surface area contributed by atoms with Crippen molar-refractivity contribution in [3.8, 4) is 11.5 Å². The van der Waals surface area contributed by atoms with Gasteiger partial charge in [0.2, 0.25) is 5.91 Å². The first-order valence-electron chi connectivity index (χ1n) is 15.3. The molecule has 3 rings (SSSR count). The smallest absolute Gasteiger partial charge is 0.228 e. The van der Waals surface area contributed by atoms with Crippen molar-refractivity contribution in [2.75, 3.05) is 24.9 Å². The quantitative estimate of drug-likeness (QED) is 0.162. The minimum atomic E-state index is -0.0423. The van der Waals surface area contributed by atoms with Crippen LogP contribution in [-0.4, -0.2) is 30.4 Å². The highest BCUT2D eigenvalue weighted by Gasteiger charge is 2.12. The van der Waals surface area contributed by atoms with Crippen LogP contribution in [0.15, 0.2) is 53.6 Å². The molecule has 0 bridgehead atoms. The van der Waals surface area contributed by atoms with E-state index >= 15 is 0 Å². The zero-order valence-electron chi connectivity index (χ0n) is 25.0. The minimum absolute atomic E-state index is 0.0423. The van der Waals surface area contributed by atoms with Gasteiger partial charge in [-0.15, -0.1) is 11.8 Å². The Hall–Kier alpha value is -2.60. The molecule has 0 saturated carbocycles. The summed E-state index contributed by atoms with van der Waals surface area (Å²) < 4.78 is 11.6. The van der Waals surface area contributed by atoms with Gasteiger partial charge in [0.25, 0.3) is 0 Å². The molecular weight excluding hydrogens is 516 g/mol. The van der Waals surface area contributed by atoms with Crippen LogP contribution in [-0.2, 0) is 17.8 Å². The van der Waals surface area contributed by atoms with Gasteiger partial charge in [-0.2, -0.15) is 0 Å². The fourth-order valence-corrected chi connectivity index (χ4v) is 5.75. The average molecular weight is 567 g/mol. The lowest BCUT2D eigenvalue weighted by Crippen LogP contribution is -2.15. The predicted molar refractivity (Wildman–Crippen MR) is 170 cm³/mol. The number of thioether (sulfide) groups is 1. The Labute approximate surface area is 247 Å². The summed E-state index contributed by atoms with van der Waals surface area (Å²) in [5.74, 6) is 2.38. The van der Waals surface area contributed by atoms with Crippen molar-refractivity contribution in [3.63, 3.8) is 0 Å². The highest BCUT2D eigenvalue weighted by molar-refractivity contribution is 8.03. The van der Waals surface area contributed by atoms with Gasteiger partial charge < -0.3 is 19.7 Å². The third kappa shape index (κ3) is 12.3. The number of nitrogens with one attached hydrogen (secondary N) is 1. The largest absolute Gasteiger partial charge is 0.493 e. The number of ether oxygens (including phenoxy) is 2. The maximum Gasteiger partial charge on any atom is 0.228 e. The number of benzene rings is 2. The number of carbonyl (C=O) groups excluding carboxylic acids is 1. The molecular formula is C34H50N2O3S. The molecule has 0 aromatic heterocycles. The number of hydrogen-bond donors (Lipinski definition) is 1.